The number of hydrogen-bond acceptors (Lipinski definition) is 16. The first kappa shape index (κ1) is 75.5. The predicted octanol–water partition coefficient (Wildman–Crippen LogP) is 16.5. The fourth-order valence-electron chi connectivity index (χ4n) is 16.1. The zero-order valence-electron chi connectivity index (χ0n) is 65.8. The summed E-state index contributed by atoms with van der Waals surface area (Å²) in [6.07, 6.45) is 16.2. The van der Waals surface area contributed by atoms with Gasteiger partial charge in [-0.3, -0.25) is 0 Å². The number of rotatable bonds is 24. The van der Waals surface area contributed by atoms with Crippen LogP contribution in [0, 0.1) is 0 Å². The van der Waals surface area contributed by atoms with Gasteiger partial charge in [0.15, 0.2) is 0 Å². The number of hydrogen-bond donors (Lipinski definition) is 8. The third kappa shape index (κ3) is 14.5. The zero-order chi connectivity index (χ0) is 81.2. The van der Waals surface area contributed by atoms with Gasteiger partial charge in [0.25, 0.3) is 0 Å². The van der Waals surface area contributed by atoms with Crippen molar-refractivity contribution in [3.05, 3.63) is 256 Å². The van der Waals surface area contributed by atoms with Crippen LogP contribution in [0.1, 0.15) is 25.7 Å². The van der Waals surface area contributed by atoms with Crippen LogP contribution >= 0.6 is 0 Å². The van der Waals surface area contributed by atoms with Crippen molar-refractivity contribution in [2.75, 3.05) is 22.9 Å². The van der Waals surface area contributed by atoms with E-state index in [9.17, 15) is 20.4 Å². The van der Waals surface area contributed by atoms with E-state index in [-0.39, 0.29) is 34.4 Å². The number of aromatic nitrogens is 12. The molecule has 12 N–H and O–H groups in total. The van der Waals surface area contributed by atoms with Gasteiger partial charge in [0, 0.05) is 90.6 Å². The maximum Gasteiger partial charge on any atom is 0.422 e. The van der Waals surface area contributed by atoms with Crippen molar-refractivity contribution in [2.45, 2.75) is 78.0 Å². The second-order valence-electron chi connectivity index (χ2n) is 29.5. The van der Waals surface area contributed by atoms with Crippen LogP contribution in [0.3, 0.4) is 0 Å². The summed E-state index contributed by atoms with van der Waals surface area (Å²) in [5.74, 6) is 2.72. The molecule has 0 saturated heterocycles. The number of benzene rings is 12. The Kier molecular flexibility index (Phi) is 20.7. The summed E-state index contributed by atoms with van der Waals surface area (Å²) in [5.41, 5.74) is 36.5. The molecule has 6 aromatic heterocycles. The van der Waals surface area contributed by atoms with Gasteiger partial charge in [-0.2, -0.15) is 0 Å². The van der Waals surface area contributed by atoms with E-state index in [1.165, 1.54) is 0 Å². The molecule has 0 aliphatic carbocycles. The molecule has 0 unspecified atom stereocenters. The van der Waals surface area contributed by atoms with E-state index in [1.807, 2.05) is 192 Å². The number of anilines is 4. The van der Waals surface area contributed by atoms with Crippen molar-refractivity contribution in [2.24, 2.45) is 69.1 Å². The van der Waals surface area contributed by atoms with Gasteiger partial charge in [0.05, 0.1) is 91.9 Å². The van der Waals surface area contributed by atoms with E-state index in [4.69, 9.17) is 43.4 Å². The summed E-state index contributed by atoms with van der Waals surface area (Å²) in [4.78, 5) is 0. The summed E-state index contributed by atoms with van der Waals surface area (Å²) in [6.45, 7) is 6.11. The van der Waals surface area contributed by atoms with Crippen LogP contribution in [-0.4, -0.2) is 47.8 Å². The highest BCUT2D eigenvalue weighted by Crippen LogP contribution is 2.44. The molecule has 0 aliphatic rings. The van der Waals surface area contributed by atoms with Gasteiger partial charge in [-0.15, -0.1) is 0 Å². The molecular weight excluding hydrogens is 1480 g/mol. The lowest BCUT2D eigenvalue weighted by Gasteiger charge is -2.06. The van der Waals surface area contributed by atoms with Crippen LogP contribution in [0.4, 0.5) is 69.3 Å². The Labute approximate surface area is 677 Å². The Balaban J connectivity index is 0.000000169. The number of nitrogens with two attached hydrogens (primary N) is 4. The SMILES string of the molecule is C[n+]1c(N=Nc2c(N)c(O)cc3ccccc23)n(CCCn2cc[n+](CCCn3c(N=Nc4c(N)c(O)cc5ccccc45)[n+](C)c4ccccc43)c2)c2ccccc21.C[n+]1c(N=Nc2cc(O)c(N)c3ccccc23)n(CCCn2cc[n+](CCCn3c(N=Nc4cc(O)c(N)c5ccccc45)[n+](C)c4ccccc43)c2)c2ccccc21. The van der Waals surface area contributed by atoms with Crippen LogP contribution in [0.5, 0.6) is 23.0 Å². The lowest BCUT2D eigenvalue weighted by atomic mass is 10.1. The van der Waals surface area contributed by atoms with Crippen molar-refractivity contribution in [3.8, 4) is 23.0 Å². The van der Waals surface area contributed by atoms with Crippen molar-refractivity contribution in [1.29, 1.82) is 0 Å². The molecule has 18 aromatic rings. The minimum Gasteiger partial charge on any atom is -0.506 e. The summed E-state index contributed by atoms with van der Waals surface area (Å²) in [5, 5.41) is 86.1. The quantitative estimate of drug-likeness (QED) is 0.0124. The maximum absolute atomic E-state index is 10.5. The second kappa shape index (κ2) is 32.3. The van der Waals surface area contributed by atoms with Crippen LogP contribution < -0.4 is 50.3 Å². The van der Waals surface area contributed by atoms with E-state index in [2.05, 4.69) is 143 Å². The fraction of sp³-hybridized carbons (Fsp3) is 0.178. The summed E-state index contributed by atoms with van der Waals surface area (Å²) < 4.78 is 25.8. The number of azo groups is 4. The first-order chi connectivity index (χ1) is 57.5. The standard InChI is InChI=1S/2C45H42N12O2/c1-52-36-17-7-9-19-38(36)56(44(52)50-48-34-27-40(58)42(46)32-15-5-3-13-30(32)34)23-11-21-54-25-26-55(29-54)22-12-24-57-39-20-10-8-18-37(39)53(2)45(57)51-49-35-28-41(59)43(47)33-16-6-4-14-31(33)35;1-52-34-17-7-9-19-36(34)56(44(52)50-48-42-32-15-5-3-13-30(32)27-38(58)40(42)46)23-11-21-54-25-26-55(29-54)22-12-24-57-37-20-10-8-18-35(37)53(2)45(57)51-49-43-33-16-6-4-14-31(33)28-39(59)41(43)47/h2*3-10,13-20,25-29,46-47H,11-12,21-24H2,1-2H3,(H-,48,49,58,59)/p+6. The van der Waals surface area contributed by atoms with Gasteiger partial charge in [0.1, 0.15) is 126 Å². The number of aromatic hydroxyl groups is 4. The number of imidazole rings is 6. The fourth-order valence-corrected chi connectivity index (χ4v) is 16.1. The smallest absolute Gasteiger partial charge is 0.422 e. The molecule has 12 aromatic carbocycles. The number of nitrogen functional groups attached to an aromatic ring is 4. The summed E-state index contributed by atoms with van der Waals surface area (Å²) >= 11 is 0. The Morgan fingerprint density at radius 1 is 0.297 bits per heavy atom. The molecule has 28 heteroatoms. The van der Waals surface area contributed by atoms with Crippen molar-refractivity contribution >= 4 is 157 Å². The average Bonchev–Trinajstić information content (AvgIpc) is 1.59. The Morgan fingerprint density at radius 2 is 0.585 bits per heavy atom. The largest absolute Gasteiger partial charge is 0.506 e. The third-order valence-electron chi connectivity index (χ3n) is 22.1. The molecule has 0 aliphatic heterocycles. The number of aryl methyl sites for hydroxylation is 12. The summed E-state index contributed by atoms with van der Waals surface area (Å²) in [6, 6.07) is 70.0. The van der Waals surface area contributed by atoms with Crippen LogP contribution in [-0.2, 0) is 80.5 Å². The molecular formula is C90H90N24O4+6. The van der Waals surface area contributed by atoms with Gasteiger partial charge in [-0.05, 0) is 71.4 Å². The van der Waals surface area contributed by atoms with Gasteiger partial charge in [-0.25, -0.2) is 54.8 Å². The van der Waals surface area contributed by atoms with Crippen molar-refractivity contribution in [1.82, 2.24) is 27.4 Å². The lowest BCUT2D eigenvalue weighted by Crippen LogP contribution is -2.32. The molecule has 0 amide bonds. The molecule has 118 heavy (non-hydrogen) atoms. The molecule has 0 atom stereocenters. The maximum atomic E-state index is 10.5. The van der Waals surface area contributed by atoms with E-state index < -0.39 is 0 Å². The Bertz CT molecular complexity index is 6630. The number of fused-ring (bicyclic) bond motifs is 8. The Morgan fingerprint density at radius 3 is 0.941 bits per heavy atom. The number of phenols is 4. The number of nitrogens with zero attached hydrogens (tertiary/aromatic N) is 20. The molecule has 588 valence electrons. The van der Waals surface area contributed by atoms with Gasteiger partial charge in [-0.1, -0.05) is 166 Å². The van der Waals surface area contributed by atoms with E-state index >= 15 is 0 Å². The molecule has 0 fully saturated rings. The van der Waals surface area contributed by atoms with E-state index in [1.54, 1.807) is 24.3 Å². The van der Waals surface area contributed by atoms with Crippen LogP contribution in [0.2, 0.25) is 0 Å². The van der Waals surface area contributed by atoms with E-state index in [0.717, 1.165) is 152 Å². The summed E-state index contributed by atoms with van der Waals surface area (Å²) in [7, 11) is 7.97. The predicted molar refractivity (Wildman–Crippen MR) is 457 cm³/mol. The molecule has 0 radical (unpaired) electrons. The van der Waals surface area contributed by atoms with Crippen molar-refractivity contribution in [3.63, 3.8) is 0 Å². The van der Waals surface area contributed by atoms with Gasteiger partial charge < -0.3 is 43.4 Å². The third-order valence-corrected chi connectivity index (χ3v) is 22.1. The zero-order valence-corrected chi connectivity index (χ0v) is 65.8. The topological polar surface area (TPSA) is 337 Å². The first-order valence-electron chi connectivity index (χ1n) is 39.2. The van der Waals surface area contributed by atoms with Crippen LogP contribution in [0.15, 0.2) is 297 Å². The normalized spacial score (nSPS) is 12.1. The minimum atomic E-state index is -0.0173. The average molecular weight is 1570 g/mol. The molecule has 0 bridgehead atoms. The first-order valence-corrected chi connectivity index (χ1v) is 39.2. The van der Waals surface area contributed by atoms with Crippen molar-refractivity contribution < 1.29 is 47.8 Å². The van der Waals surface area contributed by atoms with E-state index in [0.29, 0.717) is 71.0 Å². The van der Waals surface area contributed by atoms with Gasteiger partial charge in [0.2, 0.25) is 12.7 Å². The monoisotopic (exact) mass is 1570 g/mol. The number of phenolic OH excluding ortho intramolecular Hbond substituents is 4. The van der Waals surface area contributed by atoms with Crippen LogP contribution in [0.25, 0.3) is 87.2 Å². The minimum absolute atomic E-state index is 0.0167. The molecule has 0 spiro atoms. The number of para-hydroxylation sites is 8. The Hall–Kier alpha value is -15.2. The molecule has 18 rings (SSSR count). The highest BCUT2D eigenvalue weighted by molar-refractivity contribution is 6.05. The highest BCUT2D eigenvalue weighted by Gasteiger charge is 2.29. The highest BCUT2D eigenvalue weighted by atomic mass is 16.3. The lowest BCUT2D eigenvalue weighted by molar-refractivity contribution is -0.697. The molecule has 6 heterocycles. The van der Waals surface area contributed by atoms with Gasteiger partial charge >= 0.3 is 23.8 Å². The second-order valence-corrected chi connectivity index (χ2v) is 29.5. The molecule has 0 saturated carbocycles. The molecule has 28 nitrogen and oxygen atoms in total.